The van der Waals surface area contributed by atoms with Crippen LogP contribution >= 0.6 is 143 Å². The molecule has 0 aromatic rings. The summed E-state index contributed by atoms with van der Waals surface area (Å²) < 4.78 is 10.6. The van der Waals surface area contributed by atoms with E-state index in [1.807, 2.05) is 0 Å². The molecule has 0 rings (SSSR count). The van der Waals surface area contributed by atoms with Crippen LogP contribution in [0.4, 0.5) is 0 Å². The molecule has 0 atom stereocenters. The van der Waals surface area contributed by atoms with E-state index >= 15 is 0 Å². The van der Waals surface area contributed by atoms with E-state index in [9.17, 15) is 14.4 Å². The van der Waals surface area contributed by atoms with Crippen molar-refractivity contribution in [1.29, 1.82) is 0 Å². The molecule has 16 heteroatoms. The molecular formula is C6Br9GaO6. The fourth-order valence-corrected chi connectivity index (χ4v) is 7.15. The van der Waals surface area contributed by atoms with Crippen molar-refractivity contribution >= 4 is 179 Å². The number of carbonyl (C=O) groups excluding carboxylic acids is 3. The molecule has 0 radical (unpaired) electrons. The second-order valence-corrected chi connectivity index (χ2v) is 26.0. The molecule has 0 saturated carbocycles. The Hall–Kier alpha value is 3.37. The Morgan fingerprint density at radius 3 is 0.864 bits per heavy atom. The maximum atomic E-state index is 11.8. The molecule has 0 aliphatic carbocycles. The molecule has 0 spiro atoms. The molecule has 0 amide bonds. The zero-order valence-corrected chi connectivity index (χ0v) is 26.1. The van der Waals surface area contributed by atoms with E-state index in [1.165, 1.54) is 0 Å². The van der Waals surface area contributed by atoms with Gasteiger partial charge in [0.25, 0.3) is 0 Å². The van der Waals surface area contributed by atoms with Gasteiger partial charge in [0.1, 0.15) is 0 Å². The second kappa shape index (κ2) is 10.1. The van der Waals surface area contributed by atoms with Crippen LogP contribution < -0.4 is 0 Å². The fourth-order valence-electron chi connectivity index (χ4n) is 0.535. The summed E-state index contributed by atoms with van der Waals surface area (Å²) in [6, 6.07) is 0. The molecule has 0 saturated heterocycles. The van der Waals surface area contributed by atoms with Crippen molar-refractivity contribution in [2.24, 2.45) is 0 Å². The van der Waals surface area contributed by atoms with E-state index in [0.717, 1.165) is 0 Å². The molecule has 0 bridgehead atoms. The molecule has 126 valence electrons. The summed E-state index contributed by atoms with van der Waals surface area (Å²) in [7, 11) is 0. The normalized spacial score (nSPS) is 12.4. The van der Waals surface area contributed by atoms with Gasteiger partial charge in [-0.15, -0.1) is 0 Å². The van der Waals surface area contributed by atoms with Gasteiger partial charge in [0.2, 0.25) is 0 Å². The summed E-state index contributed by atoms with van der Waals surface area (Å²) in [4.78, 5) is 35.3. The number of hydrogen-bond acceptors (Lipinski definition) is 6. The minimum absolute atomic E-state index is 0.897. The molecule has 0 N–H and O–H groups in total. The zero-order chi connectivity index (χ0) is 17.9. The molecule has 0 unspecified atom stereocenters. The van der Waals surface area contributed by atoms with Gasteiger partial charge in [-0.2, -0.15) is 0 Å². The Kier molecular flexibility index (Phi) is 11.6. The average Bonchev–Trinajstić information content (AvgIpc) is 2.24. The van der Waals surface area contributed by atoms with Crippen molar-refractivity contribution in [3.63, 3.8) is 0 Å². The SMILES string of the molecule is O=C([O][Ga]([O]C(=O)C(Br)(Br)Br)[O]C(=O)C(Br)(Br)Br)C(Br)(Br)Br. The Labute approximate surface area is 206 Å². The summed E-state index contributed by atoms with van der Waals surface area (Å²) in [5.74, 6) is -2.69. The first-order chi connectivity index (χ1) is 9.55. The van der Waals surface area contributed by atoms with Crippen LogP contribution in [0.1, 0.15) is 0 Å². The Bertz CT molecular complexity index is 384. The van der Waals surface area contributed by atoms with Crippen molar-refractivity contribution in [3.8, 4) is 0 Å². The van der Waals surface area contributed by atoms with Gasteiger partial charge < -0.3 is 0 Å². The van der Waals surface area contributed by atoms with Crippen molar-refractivity contribution in [2.45, 2.75) is 6.43 Å². The van der Waals surface area contributed by atoms with Crippen LogP contribution in [0.2, 0.25) is 0 Å². The monoisotopic (exact) mass is 947 g/mol. The average molecular weight is 957 g/mol. The van der Waals surface area contributed by atoms with Crippen molar-refractivity contribution < 1.29 is 25.0 Å². The maximum absolute atomic E-state index is 11.8. The van der Waals surface area contributed by atoms with Gasteiger partial charge in [-0.05, 0) is 0 Å². The van der Waals surface area contributed by atoms with E-state index in [2.05, 4.69) is 143 Å². The van der Waals surface area contributed by atoms with Gasteiger partial charge in [0.05, 0.1) is 0 Å². The predicted molar refractivity (Wildman–Crippen MR) is 113 cm³/mol. The number of rotatable bonds is 3. The summed E-state index contributed by atoms with van der Waals surface area (Å²) in [5, 5.41) is 0. The topological polar surface area (TPSA) is 78.9 Å². The number of alkyl halides is 9. The van der Waals surface area contributed by atoms with E-state index in [4.69, 9.17) is 10.6 Å². The van der Waals surface area contributed by atoms with E-state index < -0.39 is 41.6 Å². The van der Waals surface area contributed by atoms with Crippen LogP contribution in [0, 0.1) is 0 Å². The summed E-state index contributed by atoms with van der Waals surface area (Å²) in [6.45, 7) is 0. The molecule has 22 heavy (non-hydrogen) atoms. The first-order valence-electron chi connectivity index (χ1n) is 4.38. The van der Waals surface area contributed by atoms with Crippen LogP contribution in [0.25, 0.3) is 0 Å². The first-order valence-corrected chi connectivity index (χ1v) is 14.5. The standard InChI is InChI=1S/3C2HBr3O2.Ga/c3*3-2(4,5)1(6)7;/h3*(H,6,7);/q;;;+3/p-3. The van der Waals surface area contributed by atoms with Gasteiger partial charge in [-0.25, -0.2) is 0 Å². The van der Waals surface area contributed by atoms with Crippen molar-refractivity contribution in [3.05, 3.63) is 0 Å². The number of carbonyl (C=O) groups is 3. The minimum atomic E-state index is -4.07. The second-order valence-electron chi connectivity index (χ2n) is 3.00. The quantitative estimate of drug-likeness (QED) is 0.289. The van der Waals surface area contributed by atoms with Crippen molar-refractivity contribution in [2.75, 3.05) is 0 Å². The molecule has 0 aliphatic rings. The van der Waals surface area contributed by atoms with E-state index in [0.29, 0.717) is 0 Å². The molecule has 6 nitrogen and oxygen atoms in total. The Morgan fingerprint density at radius 1 is 0.545 bits per heavy atom. The van der Waals surface area contributed by atoms with Gasteiger partial charge in [-0.1, -0.05) is 0 Å². The van der Waals surface area contributed by atoms with Crippen LogP contribution in [0.5, 0.6) is 0 Å². The van der Waals surface area contributed by atoms with Gasteiger partial charge in [0, 0.05) is 0 Å². The van der Waals surface area contributed by atoms with E-state index in [1.54, 1.807) is 0 Å². The first kappa shape index (κ1) is 25.4. The van der Waals surface area contributed by atoms with Crippen LogP contribution in [-0.2, 0) is 25.0 Å². The van der Waals surface area contributed by atoms with Crippen LogP contribution in [0.15, 0.2) is 0 Å². The van der Waals surface area contributed by atoms with Gasteiger partial charge >= 0.3 is 210 Å². The summed E-state index contributed by atoms with van der Waals surface area (Å²) in [6.07, 6.45) is 0. The predicted octanol–water partition coefficient (Wildman–Crippen LogP) is 5.12. The van der Waals surface area contributed by atoms with Crippen molar-refractivity contribution in [1.82, 2.24) is 0 Å². The van der Waals surface area contributed by atoms with Gasteiger partial charge in [-0.3, -0.25) is 0 Å². The third-order valence-electron chi connectivity index (χ3n) is 1.30. The molecule has 0 aliphatic heterocycles. The number of hydrogen-bond donors (Lipinski definition) is 0. The molecule has 0 heterocycles. The number of halogens is 9. The fraction of sp³-hybridized carbons (Fsp3) is 0.500. The third-order valence-corrected chi connectivity index (χ3v) is 6.78. The molecule has 0 fully saturated rings. The Morgan fingerprint density at radius 2 is 0.727 bits per heavy atom. The van der Waals surface area contributed by atoms with Crippen LogP contribution in [0.3, 0.4) is 0 Å². The summed E-state index contributed by atoms with van der Waals surface area (Å²) >= 11 is 22.4. The summed E-state index contributed by atoms with van der Waals surface area (Å²) in [5.41, 5.74) is 0. The van der Waals surface area contributed by atoms with Crippen LogP contribution in [-0.4, -0.2) is 41.6 Å². The van der Waals surface area contributed by atoms with E-state index in [-0.39, 0.29) is 0 Å². The third kappa shape index (κ3) is 10.5. The molecular weight excluding hydrogens is 957 g/mol. The Balaban J connectivity index is 5.12. The molecule has 0 aromatic carbocycles. The zero-order valence-electron chi connectivity index (χ0n) is 9.43. The van der Waals surface area contributed by atoms with Gasteiger partial charge in [0.15, 0.2) is 0 Å². The molecule has 0 aromatic heterocycles.